The molecule has 0 bridgehead atoms. The fourth-order valence-corrected chi connectivity index (χ4v) is 2.55. The van der Waals surface area contributed by atoms with Crippen molar-refractivity contribution in [3.05, 3.63) is 71.7 Å². The molecule has 0 saturated heterocycles. The summed E-state index contributed by atoms with van der Waals surface area (Å²) in [5.74, 6) is -0.152. The standard InChI is InChI=1S/C21H18N6O4/c1-13(19(28)14-5-9-18(30-2)10-6-14)31-21(29)15-3-7-17(8-4-15)23-12-16(11-22)20-24-26-27-25-20/h3-10,12-13,23H,1-2H3,(H,24,25,26,27). The lowest BCUT2D eigenvalue weighted by Crippen LogP contribution is -2.24. The van der Waals surface area contributed by atoms with Crippen LogP contribution < -0.4 is 10.1 Å². The molecule has 0 radical (unpaired) electrons. The van der Waals surface area contributed by atoms with Crippen LogP contribution in [0.2, 0.25) is 0 Å². The number of hydrogen-bond acceptors (Lipinski definition) is 9. The Hall–Kier alpha value is -4.52. The lowest BCUT2D eigenvalue weighted by Gasteiger charge is -2.13. The highest BCUT2D eigenvalue weighted by Crippen LogP contribution is 2.16. The summed E-state index contributed by atoms with van der Waals surface area (Å²) >= 11 is 0. The van der Waals surface area contributed by atoms with Crippen LogP contribution >= 0.6 is 0 Å². The van der Waals surface area contributed by atoms with Gasteiger partial charge in [0.05, 0.1) is 12.7 Å². The van der Waals surface area contributed by atoms with Crippen molar-refractivity contribution in [2.24, 2.45) is 0 Å². The molecule has 0 saturated carbocycles. The Morgan fingerprint density at radius 3 is 2.39 bits per heavy atom. The summed E-state index contributed by atoms with van der Waals surface area (Å²) in [6.45, 7) is 1.52. The topological polar surface area (TPSA) is 143 Å². The van der Waals surface area contributed by atoms with Crippen LogP contribution in [0.4, 0.5) is 5.69 Å². The van der Waals surface area contributed by atoms with Gasteiger partial charge in [-0.25, -0.2) is 4.79 Å². The number of H-pyrrole nitrogens is 1. The number of nitrogens with one attached hydrogen (secondary N) is 2. The number of allylic oxidation sites excluding steroid dienone is 1. The largest absolute Gasteiger partial charge is 0.497 e. The van der Waals surface area contributed by atoms with Gasteiger partial charge in [0, 0.05) is 17.5 Å². The van der Waals surface area contributed by atoms with E-state index >= 15 is 0 Å². The highest BCUT2D eigenvalue weighted by Gasteiger charge is 2.20. The van der Waals surface area contributed by atoms with E-state index in [1.54, 1.807) is 48.5 Å². The Morgan fingerprint density at radius 1 is 1.13 bits per heavy atom. The van der Waals surface area contributed by atoms with Gasteiger partial charge in [-0.3, -0.25) is 4.79 Å². The Bertz CT molecular complexity index is 1120. The van der Waals surface area contributed by atoms with E-state index in [4.69, 9.17) is 14.7 Å². The number of Topliss-reactive ketones (excluding diaryl/α,β-unsaturated/α-hetero) is 1. The molecular formula is C21H18N6O4. The summed E-state index contributed by atoms with van der Waals surface area (Å²) in [4.78, 5) is 24.8. The number of anilines is 1. The smallest absolute Gasteiger partial charge is 0.338 e. The van der Waals surface area contributed by atoms with Crippen LogP contribution in [-0.4, -0.2) is 45.6 Å². The van der Waals surface area contributed by atoms with E-state index < -0.39 is 12.1 Å². The van der Waals surface area contributed by atoms with Crippen molar-refractivity contribution in [2.45, 2.75) is 13.0 Å². The summed E-state index contributed by atoms with van der Waals surface area (Å²) in [6.07, 6.45) is 0.475. The summed E-state index contributed by atoms with van der Waals surface area (Å²) in [5.41, 5.74) is 1.50. The molecule has 3 aromatic rings. The molecule has 10 nitrogen and oxygen atoms in total. The monoisotopic (exact) mass is 418 g/mol. The number of nitrogens with zero attached hydrogens (tertiary/aromatic N) is 4. The number of methoxy groups -OCH3 is 1. The van der Waals surface area contributed by atoms with E-state index in [0.717, 1.165) is 0 Å². The van der Waals surface area contributed by atoms with Crippen molar-refractivity contribution in [3.8, 4) is 11.8 Å². The lowest BCUT2D eigenvalue weighted by molar-refractivity contribution is 0.0319. The zero-order valence-electron chi connectivity index (χ0n) is 16.7. The number of aromatic amines is 1. The first-order valence-corrected chi connectivity index (χ1v) is 9.11. The maximum atomic E-state index is 12.5. The van der Waals surface area contributed by atoms with Gasteiger partial charge in [0.2, 0.25) is 11.6 Å². The van der Waals surface area contributed by atoms with Crippen LogP contribution in [0.5, 0.6) is 5.75 Å². The number of aromatic nitrogens is 4. The number of carbonyl (C=O) groups excluding carboxylic acids is 2. The molecule has 1 atom stereocenters. The molecule has 0 aliphatic heterocycles. The SMILES string of the molecule is COc1ccc(C(=O)C(C)OC(=O)c2ccc(NC=C(C#N)c3nn[nH]n3)cc2)cc1. The molecule has 3 rings (SSSR count). The minimum Gasteiger partial charge on any atom is -0.497 e. The maximum absolute atomic E-state index is 12.5. The van der Waals surface area contributed by atoms with E-state index in [9.17, 15) is 9.59 Å². The van der Waals surface area contributed by atoms with E-state index in [-0.39, 0.29) is 22.7 Å². The van der Waals surface area contributed by atoms with Gasteiger partial charge in [0.25, 0.3) is 0 Å². The third-order valence-corrected chi connectivity index (χ3v) is 4.24. The molecule has 156 valence electrons. The Labute approximate surface area is 177 Å². The van der Waals surface area contributed by atoms with E-state index in [0.29, 0.717) is 17.0 Å². The number of benzene rings is 2. The molecule has 2 aromatic carbocycles. The van der Waals surface area contributed by atoms with Gasteiger partial charge < -0.3 is 14.8 Å². The van der Waals surface area contributed by atoms with Crippen molar-refractivity contribution >= 4 is 23.0 Å². The second-order valence-corrected chi connectivity index (χ2v) is 6.27. The number of ketones is 1. The molecule has 0 aliphatic carbocycles. The number of nitriles is 1. The summed E-state index contributed by atoms with van der Waals surface area (Å²) in [6, 6.07) is 14.9. The molecule has 31 heavy (non-hydrogen) atoms. The third kappa shape index (κ3) is 5.30. The van der Waals surface area contributed by atoms with Crippen LogP contribution in [0.25, 0.3) is 5.57 Å². The molecule has 0 aliphatic rings. The van der Waals surface area contributed by atoms with E-state index in [2.05, 4.69) is 25.9 Å². The molecule has 1 heterocycles. The number of tetrazole rings is 1. The molecule has 0 fully saturated rings. The van der Waals surface area contributed by atoms with E-state index in [1.165, 1.54) is 20.2 Å². The Morgan fingerprint density at radius 2 is 1.81 bits per heavy atom. The molecule has 2 N–H and O–H groups in total. The average Bonchev–Trinajstić information content (AvgIpc) is 3.34. The molecule has 1 aromatic heterocycles. The van der Waals surface area contributed by atoms with Gasteiger partial charge in [0.15, 0.2) is 6.10 Å². The number of rotatable bonds is 8. The Kier molecular flexibility index (Phi) is 6.70. The predicted octanol–water partition coefficient (Wildman–Crippen LogP) is 2.61. The fraction of sp³-hybridized carbons (Fsp3) is 0.143. The molecule has 0 spiro atoms. The normalized spacial score (nSPS) is 11.8. The second kappa shape index (κ2) is 9.80. The predicted molar refractivity (Wildman–Crippen MR) is 110 cm³/mol. The quantitative estimate of drug-likeness (QED) is 0.320. The van der Waals surface area contributed by atoms with E-state index in [1.807, 2.05) is 6.07 Å². The summed E-state index contributed by atoms with van der Waals surface area (Å²) in [7, 11) is 1.54. The summed E-state index contributed by atoms with van der Waals surface area (Å²) in [5, 5.41) is 25.2. The van der Waals surface area contributed by atoms with Crippen molar-refractivity contribution < 1.29 is 19.1 Å². The maximum Gasteiger partial charge on any atom is 0.338 e. The van der Waals surface area contributed by atoms with Crippen LogP contribution in [-0.2, 0) is 4.74 Å². The van der Waals surface area contributed by atoms with Crippen molar-refractivity contribution in [1.29, 1.82) is 5.26 Å². The third-order valence-electron chi connectivity index (χ3n) is 4.24. The minimum absolute atomic E-state index is 0.158. The number of esters is 1. The first-order valence-electron chi connectivity index (χ1n) is 9.11. The van der Waals surface area contributed by atoms with Gasteiger partial charge in [-0.15, -0.1) is 10.2 Å². The molecule has 1 unspecified atom stereocenters. The highest BCUT2D eigenvalue weighted by atomic mass is 16.5. The van der Waals surface area contributed by atoms with Crippen LogP contribution in [0.1, 0.15) is 33.5 Å². The number of hydrogen-bond donors (Lipinski definition) is 2. The average molecular weight is 418 g/mol. The molecule has 0 amide bonds. The minimum atomic E-state index is -0.949. The number of ether oxygens (including phenoxy) is 2. The van der Waals surface area contributed by atoms with Gasteiger partial charge in [-0.2, -0.15) is 10.5 Å². The summed E-state index contributed by atoms with van der Waals surface area (Å²) < 4.78 is 10.4. The zero-order valence-corrected chi connectivity index (χ0v) is 16.7. The first kappa shape index (κ1) is 21.2. The second-order valence-electron chi connectivity index (χ2n) is 6.27. The Balaban J connectivity index is 1.60. The van der Waals surface area contributed by atoms with Gasteiger partial charge in [-0.05, 0) is 60.7 Å². The fourth-order valence-electron chi connectivity index (χ4n) is 2.55. The van der Waals surface area contributed by atoms with Crippen molar-refractivity contribution in [2.75, 3.05) is 12.4 Å². The zero-order chi connectivity index (χ0) is 22.2. The van der Waals surface area contributed by atoms with Gasteiger partial charge >= 0.3 is 5.97 Å². The molecular weight excluding hydrogens is 400 g/mol. The van der Waals surface area contributed by atoms with Crippen molar-refractivity contribution in [3.63, 3.8) is 0 Å². The van der Waals surface area contributed by atoms with Gasteiger partial charge in [0.1, 0.15) is 17.4 Å². The first-order chi connectivity index (χ1) is 15.0. The van der Waals surface area contributed by atoms with Crippen LogP contribution in [0.3, 0.4) is 0 Å². The molecule has 10 heteroatoms. The van der Waals surface area contributed by atoms with Crippen LogP contribution in [0, 0.1) is 11.3 Å². The van der Waals surface area contributed by atoms with Crippen LogP contribution in [0.15, 0.2) is 54.7 Å². The van der Waals surface area contributed by atoms with Crippen molar-refractivity contribution in [1.82, 2.24) is 20.6 Å². The lowest BCUT2D eigenvalue weighted by atomic mass is 10.1. The number of carbonyl (C=O) groups is 2. The van der Waals surface area contributed by atoms with Gasteiger partial charge in [-0.1, -0.05) is 0 Å². The highest BCUT2D eigenvalue weighted by molar-refractivity contribution is 6.01.